The fourth-order valence-electron chi connectivity index (χ4n) is 3.24. The van der Waals surface area contributed by atoms with Gasteiger partial charge in [-0.05, 0) is 87.2 Å². The van der Waals surface area contributed by atoms with Crippen molar-refractivity contribution in [2.75, 3.05) is 12.4 Å². The standard InChI is InChI=1S/C26H28FNO3/c1-26(2,3)31-25(29)22-16-10-18(9-11-19-7-5-6-8-24(19)30-4)17-23(22)28-21-14-12-20(27)13-15-21/h5-8,10,12-17,28H,9,11H2,1-4H3. The Kier molecular flexibility index (Phi) is 6.95. The van der Waals surface area contributed by atoms with E-state index in [9.17, 15) is 9.18 Å². The van der Waals surface area contributed by atoms with Crippen molar-refractivity contribution in [3.8, 4) is 5.75 Å². The lowest BCUT2D eigenvalue weighted by Crippen LogP contribution is -2.24. The predicted molar refractivity (Wildman–Crippen MR) is 122 cm³/mol. The summed E-state index contributed by atoms with van der Waals surface area (Å²) in [6.07, 6.45) is 1.57. The quantitative estimate of drug-likeness (QED) is 0.454. The maximum atomic E-state index is 13.3. The molecule has 0 radical (unpaired) electrons. The smallest absolute Gasteiger partial charge is 0.340 e. The summed E-state index contributed by atoms with van der Waals surface area (Å²) in [5.74, 6) is 0.134. The van der Waals surface area contributed by atoms with Gasteiger partial charge in [0, 0.05) is 5.69 Å². The first-order chi connectivity index (χ1) is 14.7. The van der Waals surface area contributed by atoms with Gasteiger partial charge in [-0.1, -0.05) is 24.3 Å². The zero-order chi connectivity index (χ0) is 22.4. The van der Waals surface area contributed by atoms with Crippen molar-refractivity contribution >= 4 is 17.3 Å². The average molecular weight is 422 g/mol. The zero-order valence-electron chi connectivity index (χ0n) is 18.4. The number of para-hydroxylation sites is 1. The van der Waals surface area contributed by atoms with Crippen LogP contribution in [0.15, 0.2) is 66.7 Å². The molecule has 0 amide bonds. The van der Waals surface area contributed by atoms with Gasteiger partial charge in [0.2, 0.25) is 0 Å². The topological polar surface area (TPSA) is 47.6 Å². The van der Waals surface area contributed by atoms with Gasteiger partial charge < -0.3 is 14.8 Å². The molecule has 0 saturated heterocycles. The number of esters is 1. The van der Waals surface area contributed by atoms with Crippen LogP contribution < -0.4 is 10.1 Å². The Morgan fingerprint density at radius 1 is 0.968 bits per heavy atom. The predicted octanol–water partition coefficient (Wildman–Crippen LogP) is 6.32. The Morgan fingerprint density at radius 2 is 1.68 bits per heavy atom. The number of hydrogen-bond donors (Lipinski definition) is 1. The number of hydrogen-bond acceptors (Lipinski definition) is 4. The largest absolute Gasteiger partial charge is 0.496 e. The van der Waals surface area contributed by atoms with Crippen LogP contribution in [-0.4, -0.2) is 18.7 Å². The first-order valence-electron chi connectivity index (χ1n) is 10.3. The second-order valence-corrected chi connectivity index (χ2v) is 8.33. The van der Waals surface area contributed by atoms with Gasteiger partial charge in [-0.15, -0.1) is 0 Å². The van der Waals surface area contributed by atoms with Gasteiger partial charge in [0.15, 0.2) is 0 Å². The average Bonchev–Trinajstić information content (AvgIpc) is 2.73. The van der Waals surface area contributed by atoms with Crippen LogP contribution >= 0.6 is 0 Å². The summed E-state index contributed by atoms with van der Waals surface area (Å²) in [6, 6.07) is 19.6. The highest BCUT2D eigenvalue weighted by Gasteiger charge is 2.21. The second-order valence-electron chi connectivity index (χ2n) is 8.33. The van der Waals surface area contributed by atoms with E-state index in [0.29, 0.717) is 16.9 Å². The van der Waals surface area contributed by atoms with Gasteiger partial charge in [-0.25, -0.2) is 9.18 Å². The summed E-state index contributed by atoms with van der Waals surface area (Å²) in [7, 11) is 1.67. The van der Waals surface area contributed by atoms with Gasteiger partial charge in [0.25, 0.3) is 0 Å². The maximum absolute atomic E-state index is 13.3. The highest BCUT2D eigenvalue weighted by Crippen LogP contribution is 2.27. The Hall–Kier alpha value is -3.34. The van der Waals surface area contributed by atoms with Crippen molar-refractivity contribution < 1.29 is 18.7 Å². The van der Waals surface area contributed by atoms with Gasteiger partial charge in [0.1, 0.15) is 17.2 Å². The molecule has 162 valence electrons. The molecule has 0 unspecified atom stereocenters. The van der Waals surface area contributed by atoms with E-state index in [1.165, 1.54) is 12.1 Å². The van der Waals surface area contributed by atoms with Gasteiger partial charge in [0.05, 0.1) is 18.4 Å². The molecule has 0 aliphatic heterocycles. The first-order valence-corrected chi connectivity index (χ1v) is 10.3. The number of anilines is 2. The molecule has 3 rings (SSSR count). The minimum atomic E-state index is -0.604. The Labute approximate surface area is 183 Å². The number of carbonyl (C=O) groups excluding carboxylic acids is 1. The molecular formula is C26H28FNO3. The summed E-state index contributed by atoms with van der Waals surface area (Å²) < 4.78 is 24.3. The Bertz CT molecular complexity index is 1040. The minimum Gasteiger partial charge on any atom is -0.496 e. The van der Waals surface area contributed by atoms with Crippen LogP contribution in [0.5, 0.6) is 5.75 Å². The fourth-order valence-corrected chi connectivity index (χ4v) is 3.24. The van der Waals surface area contributed by atoms with E-state index >= 15 is 0 Å². The molecule has 0 atom stereocenters. The maximum Gasteiger partial charge on any atom is 0.340 e. The van der Waals surface area contributed by atoms with Crippen molar-refractivity contribution in [2.24, 2.45) is 0 Å². The number of methoxy groups -OCH3 is 1. The highest BCUT2D eigenvalue weighted by atomic mass is 19.1. The number of rotatable bonds is 7. The lowest BCUT2D eigenvalue weighted by molar-refractivity contribution is 0.00707. The summed E-state index contributed by atoms with van der Waals surface area (Å²) in [5.41, 5.74) is 3.32. The molecule has 5 heteroatoms. The van der Waals surface area contributed by atoms with E-state index in [1.807, 2.05) is 57.2 Å². The van der Waals surface area contributed by atoms with Crippen LogP contribution in [0.2, 0.25) is 0 Å². The van der Waals surface area contributed by atoms with Crippen molar-refractivity contribution in [3.63, 3.8) is 0 Å². The molecule has 3 aromatic carbocycles. The molecule has 0 heterocycles. The molecule has 31 heavy (non-hydrogen) atoms. The summed E-state index contributed by atoms with van der Waals surface area (Å²) >= 11 is 0. The molecule has 0 aromatic heterocycles. The van der Waals surface area contributed by atoms with Gasteiger partial charge >= 0.3 is 5.97 Å². The van der Waals surface area contributed by atoms with E-state index in [-0.39, 0.29) is 5.82 Å². The summed E-state index contributed by atoms with van der Waals surface area (Å²) in [4.78, 5) is 12.8. The third-order valence-corrected chi connectivity index (χ3v) is 4.70. The molecule has 0 saturated carbocycles. The van der Waals surface area contributed by atoms with Crippen molar-refractivity contribution in [1.29, 1.82) is 0 Å². The SMILES string of the molecule is COc1ccccc1CCc1ccc(C(=O)OC(C)(C)C)c(Nc2ccc(F)cc2)c1. The minimum absolute atomic E-state index is 0.316. The zero-order valence-corrected chi connectivity index (χ0v) is 18.4. The van der Waals surface area contributed by atoms with Gasteiger partial charge in [-0.2, -0.15) is 0 Å². The third kappa shape index (κ3) is 6.32. The van der Waals surface area contributed by atoms with E-state index in [0.717, 1.165) is 29.7 Å². The third-order valence-electron chi connectivity index (χ3n) is 4.70. The van der Waals surface area contributed by atoms with Crippen molar-refractivity contribution in [1.82, 2.24) is 0 Å². The van der Waals surface area contributed by atoms with E-state index in [2.05, 4.69) is 5.32 Å². The number of nitrogens with one attached hydrogen (secondary N) is 1. The molecule has 0 bridgehead atoms. The van der Waals surface area contributed by atoms with Crippen LogP contribution in [0.4, 0.5) is 15.8 Å². The molecule has 0 fully saturated rings. The number of halogens is 1. The van der Waals surface area contributed by atoms with Gasteiger partial charge in [-0.3, -0.25) is 0 Å². The van der Waals surface area contributed by atoms with Crippen LogP contribution in [0, 0.1) is 5.82 Å². The molecule has 3 aromatic rings. The normalized spacial score (nSPS) is 11.1. The lowest BCUT2D eigenvalue weighted by Gasteiger charge is -2.21. The fraction of sp³-hybridized carbons (Fsp3) is 0.269. The summed E-state index contributed by atoms with van der Waals surface area (Å²) in [5, 5.41) is 3.24. The molecule has 4 nitrogen and oxygen atoms in total. The number of aryl methyl sites for hydroxylation is 2. The molecular weight excluding hydrogens is 393 g/mol. The number of benzene rings is 3. The molecule has 0 aliphatic rings. The van der Waals surface area contributed by atoms with Crippen LogP contribution in [0.3, 0.4) is 0 Å². The van der Waals surface area contributed by atoms with Crippen molar-refractivity contribution in [3.05, 3.63) is 89.2 Å². The highest BCUT2D eigenvalue weighted by molar-refractivity contribution is 5.97. The summed E-state index contributed by atoms with van der Waals surface area (Å²) in [6.45, 7) is 5.50. The van der Waals surface area contributed by atoms with E-state index in [4.69, 9.17) is 9.47 Å². The van der Waals surface area contributed by atoms with Crippen molar-refractivity contribution in [2.45, 2.75) is 39.2 Å². The number of carbonyl (C=O) groups is 1. The Morgan fingerprint density at radius 3 is 2.35 bits per heavy atom. The lowest BCUT2D eigenvalue weighted by atomic mass is 10.0. The van der Waals surface area contributed by atoms with E-state index in [1.54, 1.807) is 25.3 Å². The molecule has 1 N–H and O–H groups in total. The van der Waals surface area contributed by atoms with Crippen LogP contribution in [-0.2, 0) is 17.6 Å². The Balaban J connectivity index is 1.87. The monoisotopic (exact) mass is 421 g/mol. The molecule has 0 spiro atoms. The number of ether oxygens (including phenoxy) is 2. The second kappa shape index (κ2) is 9.65. The van der Waals surface area contributed by atoms with Crippen LogP contribution in [0.25, 0.3) is 0 Å². The van der Waals surface area contributed by atoms with E-state index < -0.39 is 11.6 Å². The van der Waals surface area contributed by atoms with Crippen LogP contribution in [0.1, 0.15) is 42.3 Å². The molecule has 0 aliphatic carbocycles. The first kappa shape index (κ1) is 22.3.